The lowest BCUT2D eigenvalue weighted by molar-refractivity contribution is 0.591. The van der Waals surface area contributed by atoms with Crippen LogP contribution in [-0.2, 0) is 13.0 Å². The van der Waals surface area contributed by atoms with Crippen LogP contribution >= 0.6 is 0 Å². The molecule has 1 aliphatic heterocycles. The van der Waals surface area contributed by atoms with Crippen molar-refractivity contribution < 1.29 is 8.78 Å². The van der Waals surface area contributed by atoms with E-state index in [0.29, 0.717) is 11.3 Å². The van der Waals surface area contributed by atoms with Crippen molar-refractivity contribution in [2.24, 2.45) is 0 Å². The van der Waals surface area contributed by atoms with Gasteiger partial charge >= 0.3 is 0 Å². The third-order valence-corrected chi connectivity index (χ3v) is 3.87. The van der Waals surface area contributed by atoms with Crippen molar-refractivity contribution in [2.75, 3.05) is 6.54 Å². The van der Waals surface area contributed by atoms with Crippen LogP contribution in [0.4, 0.5) is 8.78 Å². The zero-order valence-electron chi connectivity index (χ0n) is 11.2. The molecule has 0 fully saturated rings. The summed E-state index contributed by atoms with van der Waals surface area (Å²) in [6.45, 7) is 1.81. The number of nitrogens with zero attached hydrogens (tertiary/aromatic N) is 1. The summed E-state index contributed by atoms with van der Waals surface area (Å²) in [5.74, 6) is -0.695. The quantitative estimate of drug-likeness (QED) is 0.721. The molecule has 0 saturated carbocycles. The van der Waals surface area contributed by atoms with Gasteiger partial charge in [-0.1, -0.05) is 12.1 Å². The third kappa shape index (κ3) is 2.10. The number of hydrogen-bond acceptors (Lipinski definition) is 2. The van der Waals surface area contributed by atoms with Crippen LogP contribution in [0.2, 0.25) is 0 Å². The van der Waals surface area contributed by atoms with Gasteiger partial charge in [0, 0.05) is 18.2 Å². The van der Waals surface area contributed by atoms with E-state index in [1.165, 1.54) is 17.2 Å². The number of benzene rings is 2. The van der Waals surface area contributed by atoms with Gasteiger partial charge in [-0.25, -0.2) is 13.8 Å². The predicted octanol–water partition coefficient (Wildman–Crippen LogP) is 3.15. The van der Waals surface area contributed by atoms with Crippen molar-refractivity contribution in [3.05, 3.63) is 53.1 Å². The van der Waals surface area contributed by atoms with Crippen LogP contribution in [0.25, 0.3) is 22.4 Å². The minimum absolute atomic E-state index is 0.169. The van der Waals surface area contributed by atoms with E-state index in [0.717, 1.165) is 31.1 Å². The highest BCUT2D eigenvalue weighted by molar-refractivity contribution is 5.80. The highest BCUT2D eigenvalue weighted by Crippen LogP contribution is 2.26. The lowest BCUT2D eigenvalue weighted by Crippen LogP contribution is -2.23. The molecule has 0 atom stereocenters. The molecule has 0 aliphatic carbocycles. The lowest BCUT2D eigenvalue weighted by atomic mass is 9.98. The summed E-state index contributed by atoms with van der Waals surface area (Å²) in [4.78, 5) is 7.24. The second-order valence-electron chi connectivity index (χ2n) is 5.28. The molecule has 2 heterocycles. The molecule has 2 aromatic carbocycles. The first kappa shape index (κ1) is 12.5. The molecule has 5 heteroatoms. The van der Waals surface area contributed by atoms with Crippen LogP contribution in [-0.4, -0.2) is 16.5 Å². The molecule has 4 rings (SSSR count). The van der Waals surface area contributed by atoms with Crippen LogP contribution < -0.4 is 5.32 Å². The summed E-state index contributed by atoms with van der Waals surface area (Å²) in [6, 6.07) is 8.21. The lowest BCUT2D eigenvalue weighted by Gasteiger charge is -2.17. The zero-order chi connectivity index (χ0) is 14.4. The first-order valence-electron chi connectivity index (χ1n) is 6.88. The summed E-state index contributed by atoms with van der Waals surface area (Å²) < 4.78 is 27.0. The van der Waals surface area contributed by atoms with Gasteiger partial charge in [-0.05, 0) is 36.2 Å². The fraction of sp³-hybridized carbons (Fsp3) is 0.188. The summed E-state index contributed by atoms with van der Waals surface area (Å²) in [6.07, 6.45) is 1.01. The molecule has 0 bridgehead atoms. The van der Waals surface area contributed by atoms with Gasteiger partial charge in [-0.3, -0.25) is 0 Å². The molecular formula is C16H13F2N3. The molecule has 0 saturated heterocycles. The summed E-state index contributed by atoms with van der Waals surface area (Å²) in [7, 11) is 0. The molecule has 1 aliphatic rings. The number of halogens is 2. The fourth-order valence-corrected chi connectivity index (χ4v) is 2.81. The summed E-state index contributed by atoms with van der Waals surface area (Å²) >= 11 is 0. The topological polar surface area (TPSA) is 40.7 Å². The van der Waals surface area contributed by atoms with E-state index in [2.05, 4.69) is 21.4 Å². The van der Waals surface area contributed by atoms with E-state index in [1.807, 2.05) is 12.1 Å². The number of nitrogens with one attached hydrogen (secondary N) is 2. The van der Waals surface area contributed by atoms with Gasteiger partial charge in [0.05, 0.1) is 5.52 Å². The van der Waals surface area contributed by atoms with E-state index >= 15 is 0 Å². The Morgan fingerprint density at radius 2 is 1.95 bits per heavy atom. The Morgan fingerprint density at radius 1 is 1.05 bits per heavy atom. The Kier molecular flexibility index (Phi) is 2.75. The average molecular weight is 285 g/mol. The summed E-state index contributed by atoms with van der Waals surface area (Å²) in [5.41, 5.74) is 3.98. The molecule has 0 radical (unpaired) electrons. The first-order valence-corrected chi connectivity index (χ1v) is 6.88. The standard InChI is InChI=1S/C16H13F2N3/c17-12-6-13(18)15-14(7-12)20-16(21-15)10-2-1-9-3-4-19-8-11(9)5-10/h1-2,5-7,19H,3-4,8H2,(H,20,21). The molecule has 0 unspecified atom stereocenters. The average Bonchev–Trinajstić information content (AvgIpc) is 2.91. The van der Waals surface area contributed by atoms with Gasteiger partial charge < -0.3 is 10.3 Å². The van der Waals surface area contributed by atoms with Crippen molar-refractivity contribution in [1.29, 1.82) is 0 Å². The second kappa shape index (κ2) is 4.63. The van der Waals surface area contributed by atoms with Crippen LogP contribution in [0.1, 0.15) is 11.1 Å². The molecule has 1 aromatic heterocycles. The van der Waals surface area contributed by atoms with E-state index in [1.54, 1.807) is 0 Å². The number of fused-ring (bicyclic) bond motifs is 2. The molecule has 106 valence electrons. The maximum absolute atomic E-state index is 13.7. The zero-order valence-corrected chi connectivity index (χ0v) is 11.2. The Bertz CT molecular complexity index is 839. The van der Waals surface area contributed by atoms with Crippen molar-refractivity contribution >= 4 is 11.0 Å². The largest absolute Gasteiger partial charge is 0.338 e. The van der Waals surface area contributed by atoms with E-state index in [-0.39, 0.29) is 5.52 Å². The third-order valence-electron chi connectivity index (χ3n) is 3.87. The SMILES string of the molecule is Fc1cc(F)c2nc(-c3ccc4c(c3)CNCC4)[nH]c2c1. The molecule has 0 spiro atoms. The number of aromatic amines is 1. The Hall–Kier alpha value is -2.27. The van der Waals surface area contributed by atoms with Crippen molar-refractivity contribution in [3.8, 4) is 11.4 Å². The number of imidazole rings is 1. The van der Waals surface area contributed by atoms with Gasteiger partial charge in [-0.15, -0.1) is 0 Å². The van der Waals surface area contributed by atoms with Gasteiger partial charge in [0.25, 0.3) is 0 Å². The number of H-pyrrole nitrogens is 1. The summed E-state index contributed by atoms with van der Waals surface area (Å²) in [5, 5.41) is 3.32. The molecule has 2 N–H and O–H groups in total. The predicted molar refractivity (Wildman–Crippen MR) is 76.9 cm³/mol. The van der Waals surface area contributed by atoms with Gasteiger partial charge in [0.15, 0.2) is 5.82 Å². The Labute approximate surface area is 120 Å². The maximum Gasteiger partial charge on any atom is 0.153 e. The molecule has 3 aromatic rings. The molecule has 21 heavy (non-hydrogen) atoms. The van der Waals surface area contributed by atoms with E-state index < -0.39 is 11.6 Å². The molecule has 0 amide bonds. The normalized spacial score (nSPS) is 14.4. The molecule has 3 nitrogen and oxygen atoms in total. The first-order chi connectivity index (χ1) is 10.2. The van der Waals surface area contributed by atoms with Gasteiger partial charge in [0.2, 0.25) is 0 Å². The minimum Gasteiger partial charge on any atom is -0.338 e. The smallest absolute Gasteiger partial charge is 0.153 e. The van der Waals surface area contributed by atoms with Crippen LogP contribution in [0.3, 0.4) is 0 Å². The van der Waals surface area contributed by atoms with Crippen LogP contribution in [0.5, 0.6) is 0 Å². The fourth-order valence-electron chi connectivity index (χ4n) is 2.81. The monoisotopic (exact) mass is 285 g/mol. The van der Waals surface area contributed by atoms with E-state index in [4.69, 9.17) is 0 Å². The van der Waals surface area contributed by atoms with E-state index in [9.17, 15) is 8.78 Å². The van der Waals surface area contributed by atoms with Gasteiger partial charge in [0.1, 0.15) is 17.2 Å². The highest BCUT2D eigenvalue weighted by atomic mass is 19.1. The highest BCUT2D eigenvalue weighted by Gasteiger charge is 2.14. The van der Waals surface area contributed by atoms with Crippen LogP contribution in [0, 0.1) is 11.6 Å². The minimum atomic E-state index is -0.646. The Morgan fingerprint density at radius 3 is 2.86 bits per heavy atom. The van der Waals surface area contributed by atoms with Crippen molar-refractivity contribution in [3.63, 3.8) is 0 Å². The molecular weight excluding hydrogens is 272 g/mol. The second-order valence-corrected chi connectivity index (χ2v) is 5.28. The maximum atomic E-state index is 13.7. The van der Waals surface area contributed by atoms with Crippen molar-refractivity contribution in [2.45, 2.75) is 13.0 Å². The van der Waals surface area contributed by atoms with Crippen LogP contribution in [0.15, 0.2) is 30.3 Å². The van der Waals surface area contributed by atoms with Crippen molar-refractivity contribution in [1.82, 2.24) is 15.3 Å². The van der Waals surface area contributed by atoms with Gasteiger partial charge in [-0.2, -0.15) is 0 Å². The number of aromatic nitrogens is 2. The number of rotatable bonds is 1. The number of hydrogen-bond donors (Lipinski definition) is 2. The Balaban J connectivity index is 1.84.